The smallest absolute Gasteiger partial charge is 0.508 e. The maximum atomic E-state index is 13.9. The van der Waals surface area contributed by atoms with Crippen LogP contribution < -0.4 is 15.1 Å². The van der Waals surface area contributed by atoms with Crippen LogP contribution >= 0.6 is 0 Å². The van der Waals surface area contributed by atoms with Gasteiger partial charge in [0.1, 0.15) is 11.5 Å². The number of allylic oxidation sites excluding steroid dienone is 6. The van der Waals surface area contributed by atoms with Gasteiger partial charge in [0, 0.05) is 28.2 Å². The van der Waals surface area contributed by atoms with Gasteiger partial charge in [0.2, 0.25) is 11.8 Å². The first-order chi connectivity index (χ1) is 20.3. The number of imide groups is 1. The molecule has 13 heteroatoms. The number of Topliss-reactive ketones (excluding diaryl/α,β-unsaturated/α-hetero) is 1. The van der Waals surface area contributed by atoms with Crippen LogP contribution in [0.15, 0.2) is 76.9 Å². The Morgan fingerprint density at radius 2 is 1.74 bits per heavy atom. The van der Waals surface area contributed by atoms with Crippen molar-refractivity contribution >= 4 is 41.6 Å². The van der Waals surface area contributed by atoms with Crippen molar-refractivity contribution in [2.45, 2.75) is 32.0 Å². The van der Waals surface area contributed by atoms with E-state index in [9.17, 15) is 47.5 Å². The Bertz CT molecular complexity index is 1710. The molecular formula is C30H23BF3NO8. The van der Waals surface area contributed by atoms with E-state index in [1.165, 1.54) is 31.2 Å². The molecule has 1 heterocycles. The van der Waals surface area contributed by atoms with E-state index >= 15 is 0 Å². The summed E-state index contributed by atoms with van der Waals surface area (Å²) < 4.78 is 43.3. The number of benzene rings is 2. The average molecular weight is 593 g/mol. The Hall–Kier alpha value is -4.49. The lowest BCUT2D eigenvalue weighted by molar-refractivity contribution is -0.274. The van der Waals surface area contributed by atoms with Gasteiger partial charge in [-0.3, -0.25) is 24.1 Å². The highest BCUT2D eigenvalue weighted by atomic mass is 19.4. The molecule has 0 radical (unpaired) electrons. The Morgan fingerprint density at radius 1 is 1.00 bits per heavy atom. The molecule has 0 saturated carbocycles. The van der Waals surface area contributed by atoms with Crippen molar-refractivity contribution < 1.29 is 52.2 Å². The number of aromatic hydroxyl groups is 1. The topological polar surface area (TPSA) is 141 Å². The third kappa shape index (κ3) is 4.68. The third-order valence-electron chi connectivity index (χ3n) is 8.53. The number of amides is 2. The van der Waals surface area contributed by atoms with Crippen LogP contribution in [-0.4, -0.2) is 52.0 Å². The second-order valence-corrected chi connectivity index (χ2v) is 11.0. The maximum Gasteiger partial charge on any atom is 0.573 e. The van der Waals surface area contributed by atoms with Crippen molar-refractivity contribution in [1.29, 1.82) is 0 Å². The molecule has 4 unspecified atom stereocenters. The zero-order valence-corrected chi connectivity index (χ0v) is 22.5. The van der Waals surface area contributed by atoms with Gasteiger partial charge in [-0.05, 0) is 67.6 Å². The molecule has 220 valence electrons. The number of anilines is 1. The first-order valence-corrected chi connectivity index (χ1v) is 13.4. The Balaban J connectivity index is 1.48. The Morgan fingerprint density at radius 3 is 2.44 bits per heavy atom. The molecule has 6 rings (SSSR count). The van der Waals surface area contributed by atoms with Crippen LogP contribution in [0.3, 0.4) is 0 Å². The molecule has 3 N–H and O–H groups in total. The van der Waals surface area contributed by atoms with Crippen LogP contribution in [0, 0.1) is 17.8 Å². The molecule has 43 heavy (non-hydrogen) atoms. The van der Waals surface area contributed by atoms with Gasteiger partial charge in [-0.15, -0.1) is 13.2 Å². The molecule has 1 fully saturated rings. The predicted octanol–water partition coefficient (Wildman–Crippen LogP) is 2.60. The minimum absolute atomic E-state index is 0.00340. The number of ketones is 2. The van der Waals surface area contributed by atoms with Crippen molar-refractivity contribution in [3.05, 3.63) is 82.5 Å². The first-order valence-electron chi connectivity index (χ1n) is 13.4. The van der Waals surface area contributed by atoms with Gasteiger partial charge in [-0.2, -0.15) is 0 Å². The number of halogens is 3. The maximum absolute atomic E-state index is 13.9. The SMILES string of the molecule is CC1=CC(=O)C2=C(C1=O)C(c1cc(OC(F)(F)F)ccc1O)C1=CCC3C(=O)N(c4cccc(B(O)O)c4)C(=O)C3C1C2. The number of fused-ring (bicyclic) bond motifs is 3. The summed E-state index contributed by atoms with van der Waals surface area (Å²) in [5, 5.41) is 30.1. The zero-order valence-electron chi connectivity index (χ0n) is 22.5. The minimum Gasteiger partial charge on any atom is -0.508 e. The summed E-state index contributed by atoms with van der Waals surface area (Å²) in [4.78, 5) is 55.2. The molecule has 0 spiro atoms. The number of carbonyl (C=O) groups excluding carboxylic acids is 4. The number of phenolic OH excluding ortho intramolecular Hbond substituents is 1. The fraction of sp³-hybridized carbons (Fsp3) is 0.267. The molecule has 4 atom stereocenters. The Kier molecular flexibility index (Phi) is 6.70. The number of hydrogen-bond acceptors (Lipinski definition) is 8. The molecule has 2 aromatic rings. The van der Waals surface area contributed by atoms with Crippen LogP contribution in [0.1, 0.15) is 31.2 Å². The van der Waals surface area contributed by atoms with Gasteiger partial charge in [0.25, 0.3) is 0 Å². The standard InChI is InChI=1S/C30H23BF3NO8/c1-13-9-23(37)21-12-19-17(24(26(21)27(13)38)20-11-16(5-8-22(20)36)43-30(32,33)34)6-7-18-25(19)29(40)35(28(18)39)15-4-2-3-14(10-15)31(41)42/h2-6,8-11,18-19,24-25,36,41-42H,7,12H2,1H3. The number of hydrogen-bond donors (Lipinski definition) is 3. The summed E-state index contributed by atoms with van der Waals surface area (Å²) in [6, 6.07) is 8.52. The van der Waals surface area contributed by atoms with E-state index in [1.54, 1.807) is 6.08 Å². The second kappa shape index (κ2) is 10.1. The molecule has 0 bridgehead atoms. The average Bonchev–Trinajstić information content (AvgIpc) is 3.20. The lowest BCUT2D eigenvalue weighted by Gasteiger charge is -2.42. The van der Waals surface area contributed by atoms with E-state index in [2.05, 4.69) is 4.74 Å². The van der Waals surface area contributed by atoms with Crippen molar-refractivity contribution in [3.8, 4) is 11.5 Å². The van der Waals surface area contributed by atoms with Crippen LogP contribution in [0.5, 0.6) is 11.5 Å². The fourth-order valence-corrected chi connectivity index (χ4v) is 6.76. The van der Waals surface area contributed by atoms with Gasteiger partial charge in [-0.25, -0.2) is 0 Å². The highest BCUT2D eigenvalue weighted by Gasteiger charge is 2.57. The predicted molar refractivity (Wildman–Crippen MR) is 145 cm³/mol. The zero-order chi connectivity index (χ0) is 31.0. The highest BCUT2D eigenvalue weighted by molar-refractivity contribution is 6.58. The van der Waals surface area contributed by atoms with E-state index in [0.717, 1.165) is 29.2 Å². The first kappa shape index (κ1) is 28.6. The van der Waals surface area contributed by atoms with Gasteiger partial charge in [0.05, 0.1) is 17.5 Å². The van der Waals surface area contributed by atoms with Crippen molar-refractivity contribution in [2.24, 2.45) is 17.8 Å². The second-order valence-electron chi connectivity index (χ2n) is 11.0. The van der Waals surface area contributed by atoms with Crippen LogP contribution in [0.2, 0.25) is 0 Å². The van der Waals surface area contributed by atoms with Crippen LogP contribution in [-0.2, 0) is 19.2 Å². The molecule has 2 aromatic carbocycles. The number of phenols is 1. The number of ether oxygens (including phenoxy) is 1. The summed E-state index contributed by atoms with van der Waals surface area (Å²) >= 11 is 0. The fourth-order valence-electron chi connectivity index (χ4n) is 6.76. The van der Waals surface area contributed by atoms with E-state index in [1.807, 2.05) is 0 Å². The van der Waals surface area contributed by atoms with Crippen molar-refractivity contribution in [2.75, 3.05) is 4.90 Å². The summed E-state index contributed by atoms with van der Waals surface area (Å²) in [6.07, 6.45) is -2.24. The van der Waals surface area contributed by atoms with Gasteiger partial charge in [-0.1, -0.05) is 23.8 Å². The molecule has 1 saturated heterocycles. The van der Waals surface area contributed by atoms with Crippen molar-refractivity contribution in [3.63, 3.8) is 0 Å². The molecule has 4 aliphatic rings. The largest absolute Gasteiger partial charge is 0.573 e. The van der Waals surface area contributed by atoms with Gasteiger partial charge in [0.15, 0.2) is 11.6 Å². The number of carbonyl (C=O) groups is 4. The summed E-state index contributed by atoms with van der Waals surface area (Å²) in [5.74, 6) is -7.06. The lowest BCUT2D eigenvalue weighted by Crippen LogP contribution is -2.40. The van der Waals surface area contributed by atoms with E-state index < -0.39 is 72.0 Å². The molecule has 1 aliphatic heterocycles. The van der Waals surface area contributed by atoms with Crippen LogP contribution in [0.25, 0.3) is 0 Å². The van der Waals surface area contributed by atoms with Crippen molar-refractivity contribution in [1.82, 2.24) is 0 Å². The Labute approximate surface area is 242 Å². The summed E-state index contributed by atoms with van der Waals surface area (Å²) in [5.41, 5.74) is 0.686. The quantitative estimate of drug-likeness (QED) is 0.213. The molecule has 9 nitrogen and oxygen atoms in total. The summed E-state index contributed by atoms with van der Waals surface area (Å²) in [7, 11) is -1.84. The molecule has 2 amide bonds. The summed E-state index contributed by atoms with van der Waals surface area (Å²) in [6.45, 7) is 1.44. The van der Waals surface area contributed by atoms with Crippen LogP contribution in [0.4, 0.5) is 18.9 Å². The van der Waals surface area contributed by atoms with E-state index in [0.29, 0.717) is 5.57 Å². The van der Waals surface area contributed by atoms with Gasteiger partial charge < -0.3 is 19.9 Å². The van der Waals surface area contributed by atoms with Gasteiger partial charge >= 0.3 is 13.5 Å². The monoisotopic (exact) mass is 593 g/mol. The molecule has 3 aliphatic carbocycles. The lowest BCUT2D eigenvalue weighted by atomic mass is 9.59. The van der Waals surface area contributed by atoms with E-state index in [-0.39, 0.29) is 46.3 Å². The van der Waals surface area contributed by atoms with E-state index in [4.69, 9.17) is 0 Å². The number of alkyl halides is 3. The highest BCUT2D eigenvalue weighted by Crippen LogP contribution is 2.56. The third-order valence-corrected chi connectivity index (χ3v) is 8.53. The normalized spacial score (nSPS) is 25.2. The number of rotatable bonds is 4. The molecule has 0 aromatic heterocycles. The minimum atomic E-state index is -5.04. The molecular weight excluding hydrogens is 570 g/mol. The number of nitrogens with zero attached hydrogens (tertiary/aromatic N) is 1.